The van der Waals surface area contributed by atoms with Crippen molar-refractivity contribution in [2.75, 3.05) is 37.7 Å². The molecule has 0 aliphatic carbocycles. The monoisotopic (exact) mass is 633 g/mol. The van der Waals surface area contributed by atoms with Crippen LogP contribution >= 0.6 is 0 Å². The number of anilines is 1. The second-order valence-electron chi connectivity index (χ2n) is 12.5. The molecule has 3 fully saturated rings. The van der Waals surface area contributed by atoms with Gasteiger partial charge in [0.1, 0.15) is 47.3 Å². The highest BCUT2D eigenvalue weighted by Crippen LogP contribution is 2.48. The second-order valence-corrected chi connectivity index (χ2v) is 12.5. The Hall–Kier alpha value is -3.88. The van der Waals surface area contributed by atoms with E-state index in [0.717, 1.165) is 51.8 Å². The summed E-state index contributed by atoms with van der Waals surface area (Å²) in [6.07, 6.45) is -0.586. The van der Waals surface area contributed by atoms with Crippen molar-refractivity contribution in [3.8, 4) is 23.1 Å². The summed E-state index contributed by atoms with van der Waals surface area (Å²) in [6, 6.07) is -0.315. The highest BCUT2D eigenvalue weighted by Gasteiger charge is 2.49. The minimum Gasteiger partial charge on any atom is -0.475 e. The minimum absolute atomic E-state index is 0.0791. The molecule has 4 aliphatic heterocycles. The first kappa shape index (κ1) is 28.6. The predicted octanol–water partition coefficient (Wildman–Crippen LogP) is 5.88. The number of aromatic amines is 1. The first-order valence-corrected chi connectivity index (χ1v) is 15.1. The molecular weight excluding hydrogens is 604 g/mol. The van der Waals surface area contributed by atoms with Crippen LogP contribution in [0.25, 0.3) is 33.1 Å². The molecule has 1 N–H and O–H groups in total. The van der Waals surface area contributed by atoms with Crippen LogP contribution in [0.4, 0.5) is 32.2 Å². The summed E-state index contributed by atoms with van der Waals surface area (Å²) in [4.78, 5) is 17.5. The van der Waals surface area contributed by atoms with Gasteiger partial charge < -0.3 is 14.4 Å². The quantitative estimate of drug-likeness (QED) is 0.279. The van der Waals surface area contributed by atoms with E-state index in [1.54, 1.807) is 0 Å². The Morgan fingerprint density at radius 2 is 1.96 bits per heavy atom. The van der Waals surface area contributed by atoms with E-state index in [0.29, 0.717) is 25.3 Å². The molecule has 4 aliphatic rings. The van der Waals surface area contributed by atoms with Gasteiger partial charge in [0.2, 0.25) is 5.88 Å². The number of pyridine rings is 1. The number of alkyl halides is 4. The van der Waals surface area contributed by atoms with Gasteiger partial charge in [0.15, 0.2) is 11.6 Å². The largest absolute Gasteiger partial charge is 0.475 e. The Bertz CT molecular complexity index is 1850. The predicted molar refractivity (Wildman–Crippen MR) is 151 cm³/mol. The molecule has 0 saturated carbocycles. The number of aromatic nitrogens is 5. The van der Waals surface area contributed by atoms with Gasteiger partial charge in [0.05, 0.1) is 23.3 Å². The molecular formula is C30H29F6N7O2. The van der Waals surface area contributed by atoms with Crippen LogP contribution in [-0.2, 0) is 6.18 Å². The average Bonchev–Trinajstić information content (AvgIpc) is 3.69. The number of fused-ring (bicyclic) bond motifs is 4. The molecule has 3 aromatic heterocycles. The van der Waals surface area contributed by atoms with E-state index in [9.17, 15) is 17.6 Å². The number of nitrogens with one attached hydrogen (secondary N) is 1. The maximum Gasteiger partial charge on any atom is 0.417 e. The molecule has 0 radical (unpaired) electrons. The van der Waals surface area contributed by atoms with Gasteiger partial charge in [-0.2, -0.15) is 28.2 Å². The lowest BCUT2D eigenvalue weighted by Crippen LogP contribution is -2.44. The Morgan fingerprint density at radius 1 is 1.11 bits per heavy atom. The smallest absolute Gasteiger partial charge is 0.417 e. The van der Waals surface area contributed by atoms with E-state index in [4.69, 9.17) is 9.47 Å². The lowest BCUT2D eigenvalue weighted by molar-refractivity contribution is -0.137. The van der Waals surface area contributed by atoms with Crippen LogP contribution in [0.2, 0.25) is 0 Å². The third kappa shape index (κ3) is 4.32. The van der Waals surface area contributed by atoms with Gasteiger partial charge in [-0.1, -0.05) is 0 Å². The number of benzene rings is 1. The number of halogens is 6. The molecule has 0 bridgehead atoms. The van der Waals surface area contributed by atoms with E-state index >= 15 is 8.78 Å². The van der Waals surface area contributed by atoms with Crippen molar-refractivity contribution in [1.82, 2.24) is 30.0 Å². The number of rotatable bonds is 4. The SMILES string of the molecule is Cc1c(C(F)(F)F)c(-c2nc3c4c(nc(OC[C@@]56CCCN5C[C@H](F)C6)nc4c2F)N2CCCC[C@H]2CO3)c2cn[nH]c2c1F. The highest BCUT2D eigenvalue weighted by molar-refractivity contribution is 6.02. The van der Waals surface area contributed by atoms with Crippen LogP contribution < -0.4 is 14.4 Å². The van der Waals surface area contributed by atoms with E-state index in [1.165, 1.54) is 0 Å². The summed E-state index contributed by atoms with van der Waals surface area (Å²) < 4.78 is 102. The van der Waals surface area contributed by atoms with Gasteiger partial charge in [-0.15, -0.1) is 0 Å². The molecule has 0 amide bonds. The van der Waals surface area contributed by atoms with Crippen molar-refractivity contribution in [3.63, 3.8) is 0 Å². The normalized spacial score (nSPS) is 25.0. The second kappa shape index (κ2) is 10.1. The van der Waals surface area contributed by atoms with Gasteiger partial charge >= 0.3 is 12.2 Å². The summed E-state index contributed by atoms with van der Waals surface area (Å²) >= 11 is 0. The molecule has 4 aromatic rings. The number of hydrogen-bond acceptors (Lipinski definition) is 8. The Balaban J connectivity index is 1.35. The van der Waals surface area contributed by atoms with Crippen molar-refractivity contribution in [2.24, 2.45) is 0 Å². The maximum absolute atomic E-state index is 16.8. The van der Waals surface area contributed by atoms with Crippen LogP contribution in [0.3, 0.4) is 0 Å². The number of hydrogen-bond donors (Lipinski definition) is 1. The lowest BCUT2D eigenvalue weighted by Gasteiger charge is -2.35. The third-order valence-electron chi connectivity index (χ3n) is 9.86. The number of nitrogens with zero attached hydrogens (tertiary/aromatic N) is 6. The maximum atomic E-state index is 16.8. The highest BCUT2D eigenvalue weighted by atomic mass is 19.4. The molecule has 45 heavy (non-hydrogen) atoms. The first-order valence-electron chi connectivity index (χ1n) is 15.1. The molecule has 238 valence electrons. The summed E-state index contributed by atoms with van der Waals surface area (Å²) in [5, 5.41) is 5.96. The van der Waals surface area contributed by atoms with Crippen LogP contribution in [0.1, 0.15) is 49.7 Å². The van der Waals surface area contributed by atoms with Crippen molar-refractivity contribution in [2.45, 2.75) is 69.4 Å². The number of ether oxygens (including phenoxy) is 2. The number of piperidine rings is 1. The zero-order valence-electron chi connectivity index (χ0n) is 24.3. The summed E-state index contributed by atoms with van der Waals surface area (Å²) in [6.45, 7) is 2.85. The van der Waals surface area contributed by atoms with Crippen molar-refractivity contribution >= 4 is 27.6 Å². The molecule has 15 heteroatoms. The fourth-order valence-electron chi connectivity index (χ4n) is 7.78. The van der Waals surface area contributed by atoms with Gasteiger partial charge in [0.25, 0.3) is 0 Å². The number of H-pyrrole nitrogens is 1. The third-order valence-corrected chi connectivity index (χ3v) is 9.86. The molecule has 0 spiro atoms. The fraction of sp³-hybridized carbons (Fsp3) is 0.533. The standard InChI is InChI=1S/C30H29F6N7O2/c1-14-20(30(34,35)36)18(17-10-37-41-23(17)21(14)32)24-22(33)25-19-26(43-8-3-2-5-16(43)12-44-27(19)38-24)40-28(39-25)45-13-29-6-4-7-42(29)11-15(31)9-29/h10,15-16H,2-9,11-13H2,1H3,(H,37,41)/t15-,16+,29+/m1/s1. The summed E-state index contributed by atoms with van der Waals surface area (Å²) in [7, 11) is 0. The van der Waals surface area contributed by atoms with E-state index in [-0.39, 0.29) is 53.0 Å². The molecule has 7 heterocycles. The summed E-state index contributed by atoms with van der Waals surface area (Å²) in [5.74, 6) is -2.11. The van der Waals surface area contributed by atoms with Crippen LogP contribution in [0, 0.1) is 18.6 Å². The minimum atomic E-state index is -5.06. The molecule has 3 saturated heterocycles. The van der Waals surface area contributed by atoms with Gasteiger partial charge in [0, 0.05) is 30.5 Å². The van der Waals surface area contributed by atoms with Crippen LogP contribution in [0.15, 0.2) is 6.20 Å². The molecule has 1 aromatic carbocycles. The van der Waals surface area contributed by atoms with Gasteiger partial charge in [-0.25, -0.2) is 18.2 Å². The van der Waals surface area contributed by atoms with E-state index < -0.39 is 51.9 Å². The van der Waals surface area contributed by atoms with E-state index in [1.807, 2.05) is 4.90 Å². The topological polar surface area (TPSA) is 92.3 Å². The van der Waals surface area contributed by atoms with Gasteiger partial charge in [-0.05, 0) is 51.1 Å². The Labute approximate surface area is 252 Å². The molecule has 0 unspecified atom stereocenters. The average molecular weight is 634 g/mol. The zero-order chi connectivity index (χ0) is 31.2. The molecule has 3 atom stereocenters. The molecule has 8 rings (SSSR count). The van der Waals surface area contributed by atoms with Crippen molar-refractivity contribution < 1.29 is 35.8 Å². The van der Waals surface area contributed by atoms with Gasteiger partial charge in [-0.3, -0.25) is 10.00 Å². The zero-order valence-corrected chi connectivity index (χ0v) is 24.3. The van der Waals surface area contributed by atoms with Crippen molar-refractivity contribution in [1.29, 1.82) is 0 Å². The van der Waals surface area contributed by atoms with Crippen molar-refractivity contribution in [3.05, 3.63) is 29.0 Å². The summed E-state index contributed by atoms with van der Waals surface area (Å²) in [5.41, 5.74) is -4.64. The van der Waals surface area contributed by atoms with E-state index in [2.05, 4.69) is 30.0 Å². The Morgan fingerprint density at radius 3 is 2.78 bits per heavy atom. The molecule has 9 nitrogen and oxygen atoms in total. The Kier molecular flexibility index (Phi) is 6.39. The van der Waals surface area contributed by atoms with Crippen LogP contribution in [-0.4, -0.2) is 80.6 Å². The lowest BCUT2D eigenvalue weighted by atomic mass is 9.93. The first-order chi connectivity index (χ1) is 21.6. The van der Waals surface area contributed by atoms with Crippen LogP contribution in [0.5, 0.6) is 11.9 Å². The fourth-order valence-corrected chi connectivity index (χ4v) is 7.78.